The van der Waals surface area contributed by atoms with Crippen LogP contribution in [0.3, 0.4) is 0 Å². The molecule has 1 atom stereocenters. The van der Waals surface area contributed by atoms with Crippen molar-refractivity contribution in [2.45, 2.75) is 32.2 Å². The van der Waals surface area contributed by atoms with Crippen LogP contribution in [0, 0.1) is 5.41 Å². The van der Waals surface area contributed by atoms with Crippen LogP contribution in [-0.2, 0) is 0 Å². The predicted octanol–water partition coefficient (Wildman–Crippen LogP) is 3.65. The van der Waals surface area contributed by atoms with E-state index in [1.807, 2.05) is 11.8 Å². The standard InChI is InChI=1S/C13H18SSi/c1-13(2,9-15(3)4)12-8-10-6-5-7-11(10)14-12/h5-9,12H,1-4H3. The number of thioether (sulfide) groups is 1. The first kappa shape index (κ1) is 11.2. The molecule has 0 spiro atoms. The molecular weight excluding hydrogens is 216 g/mol. The molecule has 0 aromatic carbocycles. The molecule has 0 saturated heterocycles. The lowest BCUT2D eigenvalue weighted by molar-refractivity contribution is 0.567. The second kappa shape index (κ2) is 3.91. The van der Waals surface area contributed by atoms with Crippen LogP contribution in [0.15, 0.2) is 34.8 Å². The normalized spacial score (nSPS) is 23.6. The number of fused-ring (bicyclic) bond motifs is 1. The summed E-state index contributed by atoms with van der Waals surface area (Å²) in [5.74, 6) is 0. The highest BCUT2D eigenvalue weighted by molar-refractivity contribution is 8.04. The van der Waals surface area contributed by atoms with Crippen molar-refractivity contribution in [3.05, 3.63) is 34.8 Å². The van der Waals surface area contributed by atoms with Crippen LogP contribution in [0.25, 0.3) is 0 Å². The van der Waals surface area contributed by atoms with Crippen molar-refractivity contribution >= 4 is 25.8 Å². The second-order valence-electron chi connectivity index (χ2n) is 5.09. The predicted molar refractivity (Wildman–Crippen MR) is 74.0 cm³/mol. The summed E-state index contributed by atoms with van der Waals surface area (Å²) in [5, 5.41) is 0.628. The van der Waals surface area contributed by atoms with Gasteiger partial charge in [-0.2, -0.15) is 0 Å². The van der Waals surface area contributed by atoms with Crippen molar-refractivity contribution in [3.63, 3.8) is 0 Å². The molecule has 0 N–H and O–H groups in total. The number of allylic oxidation sites excluding steroid dienone is 4. The smallest absolute Gasteiger partial charge is 0.0365 e. The SMILES string of the molecule is C[Si](C)=CC(C)(C)C1C=C2C=CC=C2S1. The van der Waals surface area contributed by atoms with E-state index in [0.717, 1.165) is 0 Å². The zero-order chi connectivity index (χ0) is 11.1. The minimum absolute atomic E-state index is 0.256. The maximum atomic E-state index is 2.57. The van der Waals surface area contributed by atoms with E-state index in [1.165, 1.54) is 10.5 Å². The zero-order valence-electron chi connectivity index (χ0n) is 9.87. The van der Waals surface area contributed by atoms with Gasteiger partial charge in [0.1, 0.15) is 0 Å². The Labute approximate surface area is 98.4 Å². The summed E-state index contributed by atoms with van der Waals surface area (Å²) < 4.78 is 0. The molecule has 0 saturated carbocycles. The van der Waals surface area contributed by atoms with Gasteiger partial charge in [0, 0.05) is 10.2 Å². The highest BCUT2D eigenvalue weighted by Gasteiger charge is 2.32. The molecule has 80 valence electrons. The van der Waals surface area contributed by atoms with Crippen LogP contribution >= 0.6 is 11.8 Å². The average molecular weight is 234 g/mol. The van der Waals surface area contributed by atoms with E-state index in [0.29, 0.717) is 10.7 Å². The summed E-state index contributed by atoms with van der Waals surface area (Å²) in [4.78, 5) is 1.46. The third kappa shape index (κ3) is 2.26. The second-order valence-corrected chi connectivity index (χ2v) is 8.72. The summed E-state index contributed by atoms with van der Waals surface area (Å²) in [6.07, 6.45) is 9.04. The number of hydrogen-bond donors (Lipinski definition) is 0. The van der Waals surface area contributed by atoms with Crippen LogP contribution in [-0.4, -0.2) is 19.3 Å². The Balaban J connectivity index is 2.22. The van der Waals surface area contributed by atoms with Gasteiger partial charge in [0.05, 0.1) is 0 Å². The van der Waals surface area contributed by atoms with Gasteiger partial charge >= 0.3 is 0 Å². The van der Waals surface area contributed by atoms with Gasteiger partial charge in [0.15, 0.2) is 0 Å². The highest BCUT2D eigenvalue weighted by Crippen LogP contribution is 2.46. The Kier molecular flexibility index (Phi) is 2.91. The average Bonchev–Trinajstić information content (AvgIpc) is 2.56. The van der Waals surface area contributed by atoms with Gasteiger partial charge in [-0.05, 0) is 25.5 Å². The van der Waals surface area contributed by atoms with E-state index in [9.17, 15) is 0 Å². The first-order valence-electron chi connectivity index (χ1n) is 5.42. The Hall–Kier alpha value is -0.343. The minimum Gasteiger partial charge on any atom is -0.117 e. The van der Waals surface area contributed by atoms with E-state index in [2.05, 4.69) is 56.9 Å². The van der Waals surface area contributed by atoms with Crippen molar-refractivity contribution in [3.8, 4) is 0 Å². The fourth-order valence-electron chi connectivity index (χ4n) is 2.19. The molecule has 1 unspecified atom stereocenters. The molecular formula is C13H18SSi. The Morgan fingerprint density at radius 3 is 2.73 bits per heavy atom. The fraction of sp³-hybridized carbons (Fsp3) is 0.462. The van der Waals surface area contributed by atoms with Crippen LogP contribution in [0.2, 0.25) is 13.1 Å². The largest absolute Gasteiger partial charge is 0.117 e. The van der Waals surface area contributed by atoms with Crippen molar-refractivity contribution in [1.82, 2.24) is 0 Å². The number of rotatable bonds is 2. The van der Waals surface area contributed by atoms with E-state index in [4.69, 9.17) is 0 Å². The Morgan fingerprint density at radius 1 is 1.40 bits per heavy atom. The number of hydrogen-bond acceptors (Lipinski definition) is 1. The molecule has 15 heavy (non-hydrogen) atoms. The quantitative estimate of drug-likeness (QED) is 0.657. The Morgan fingerprint density at radius 2 is 2.13 bits per heavy atom. The fourth-order valence-corrected chi connectivity index (χ4v) is 5.27. The van der Waals surface area contributed by atoms with Crippen molar-refractivity contribution in [1.29, 1.82) is 0 Å². The summed E-state index contributed by atoms with van der Waals surface area (Å²) in [6, 6.07) is 0. The third-order valence-corrected chi connectivity index (χ3v) is 5.73. The van der Waals surface area contributed by atoms with Gasteiger partial charge < -0.3 is 0 Å². The molecule has 1 aliphatic carbocycles. The lowest BCUT2D eigenvalue weighted by atomic mass is 9.90. The van der Waals surface area contributed by atoms with Crippen LogP contribution in [0.4, 0.5) is 0 Å². The van der Waals surface area contributed by atoms with Crippen molar-refractivity contribution < 1.29 is 0 Å². The van der Waals surface area contributed by atoms with E-state index >= 15 is 0 Å². The van der Waals surface area contributed by atoms with Gasteiger partial charge in [0.2, 0.25) is 0 Å². The maximum absolute atomic E-state index is 2.57. The molecule has 0 aromatic heterocycles. The van der Waals surface area contributed by atoms with Gasteiger partial charge in [-0.25, -0.2) is 0 Å². The summed E-state index contributed by atoms with van der Waals surface area (Å²) >= 11 is 2.02. The lowest BCUT2D eigenvalue weighted by Gasteiger charge is -2.27. The molecule has 1 heterocycles. The summed E-state index contributed by atoms with van der Waals surface area (Å²) in [7, 11) is -0.256. The van der Waals surface area contributed by atoms with Gasteiger partial charge in [-0.1, -0.05) is 50.8 Å². The minimum atomic E-state index is -0.256. The van der Waals surface area contributed by atoms with Crippen molar-refractivity contribution in [2.24, 2.45) is 5.41 Å². The van der Waals surface area contributed by atoms with E-state index in [1.54, 1.807) is 0 Å². The summed E-state index contributed by atoms with van der Waals surface area (Å²) in [6.45, 7) is 9.45. The molecule has 0 bridgehead atoms. The monoisotopic (exact) mass is 234 g/mol. The molecule has 2 rings (SSSR count). The third-order valence-electron chi connectivity index (χ3n) is 2.79. The molecule has 1 aliphatic heterocycles. The zero-order valence-corrected chi connectivity index (χ0v) is 11.7. The maximum Gasteiger partial charge on any atom is 0.0365 e. The molecule has 0 fully saturated rings. The molecule has 0 aromatic rings. The highest BCUT2D eigenvalue weighted by atomic mass is 32.2. The topological polar surface area (TPSA) is 0 Å². The molecule has 0 radical (unpaired) electrons. The Bertz CT molecular complexity index is 393. The first-order chi connectivity index (χ1) is 6.99. The van der Waals surface area contributed by atoms with Crippen LogP contribution in [0.1, 0.15) is 13.8 Å². The van der Waals surface area contributed by atoms with Crippen LogP contribution < -0.4 is 0 Å². The molecule has 0 amide bonds. The van der Waals surface area contributed by atoms with Gasteiger partial charge in [-0.3, -0.25) is 0 Å². The lowest BCUT2D eigenvalue weighted by Crippen LogP contribution is -2.28. The van der Waals surface area contributed by atoms with Crippen LogP contribution in [0.5, 0.6) is 0 Å². The molecule has 2 aliphatic rings. The van der Waals surface area contributed by atoms with E-state index in [-0.39, 0.29) is 8.41 Å². The van der Waals surface area contributed by atoms with E-state index < -0.39 is 0 Å². The summed E-state index contributed by atoms with van der Waals surface area (Å²) in [5.41, 5.74) is 4.33. The molecule has 2 heteroatoms. The van der Waals surface area contributed by atoms with Gasteiger partial charge in [-0.15, -0.1) is 11.8 Å². The van der Waals surface area contributed by atoms with Gasteiger partial charge in [0.25, 0.3) is 0 Å². The van der Waals surface area contributed by atoms with Crippen molar-refractivity contribution in [2.75, 3.05) is 0 Å². The first-order valence-corrected chi connectivity index (χ1v) is 8.88. The molecule has 0 nitrogen and oxygen atoms in total.